The fraction of sp³-hybridized carbons (Fsp3) is 0.667. The monoisotopic (exact) mass is 364 g/mol. The van der Waals surface area contributed by atoms with Crippen LogP contribution in [0.15, 0.2) is 4.79 Å². The third-order valence-corrected chi connectivity index (χ3v) is 7.27. The highest BCUT2D eigenvalue weighted by Gasteiger charge is 2.33. The van der Waals surface area contributed by atoms with E-state index in [4.69, 9.17) is 17.0 Å². The van der Waals surface area contributed by atoms with E-state index in [0.717, 1.165) is 40.5 Å². The smallest absolute Gasteiger partial charge is 0.327 e. The standard InChI is InChI=1S/C18H24N2O2S2/c1-3-18(2)9-12-13(10-22-18)24-15-14(12)16(23)20(17(21)19-15)11-7-5-4-6-8-11/h11H,3-10H2,1-2H3,(H,19,21). The van der Waals surface area contributed by atoms with E-state index in [1.54, 1.807) is 11.3 Å². The van der Waals surface area contributed by atoms with Crippen LogP contribution in [0.5, 0.6) is 0 Å². The van der Waals surface area contributed by atoms with E-state index in [9.17, 15) is 4.79 Å². The fourth-order valence-electron chi connectivity index (χ4n) is 4.06. The van der Waals surface area contributed by atoms with Gasteiger partial charge >= 0.3 is 5.69 Å². The number of rotatable bonds is 2. The van der Waals surface area contributed by atoms with Crippen LogP contribution < -0.4 is 5.69 Å². The summed E-state index contributed by atoms with van der Waals surface area (Å²) in [5, 5.41) is 1.10. The molecule has 0 amide bonds. The Bertz CT molecular complexity index is 889. The van der Waals surface area contributed by atoms with Crippen molar-refractivity contribution in [3.05, 3.63) is 25.6 Å². The minimum Gasteiger partial charge on any atom is -0.369 e. The van der Waals surface area contributed by atoms with E-state index in [1.807, 2.05) is 4.57 Å². The highest BCUT2D eigenvalue weighted by molar-refractivity contribution is 7.71. The summed E-state index contributed by atoms with van der Waals surface area (Å²) in [6.45, 7) is 4.96. The predicted octanol–water partition coefficient (Wildman–Crippen LogP) is 4.87. The van der Waals surface area contributed by atoms with Crippen molar-refractivity contribution < 1.29 is 4.74 Å². The van der Waals surface area contributed by atoms with E-state index < -0.39 is 0 Å². The first-order valence-electron chi connectivity index (χ1n) is 8.95. The lowest BCUT2D eigenvalue weighted by molar-refractivity contribution is -0.0543. The molecule has 0 saturated heterocycles. The Morgan fingerprint density at radius 1 is 1.38 bits per heavy atom. The first-order valence-corrected chi connectivity index (χ1v) is 10.2. The molecular weight excluding hydrogens is 340 g/mol. The lowest BCUT2D eigenvalue weighted by Gasteiger charge is -2.33. The van der Waals surface area contributed by atoms with Crippen LogP contribution in [0.2, 0.25) is 0 Å². The number of fused-ring (bicyclic) bond motifs is 3. The SMILES string of the molecule is CCC1(C)Cc2c(sc3[nH]c(=O)n(C4CCCCC4)c(=S)c23)CO1. The average Bonchev–Trinajstić information content (AvgIpc) is 2.93. The van der Waals surface area contributed by atoms with Gasteiger partial charge in [-0.1, -0.05) is 38.4 Å². The van der Waals surface area contributed by atoms with E-state index in [-0.39, 0.29) is 17.3 Å². The summed E-state index contributed by atoms with van der Waals surface area (Å²) in [6.07, 6.45) is 7.61. The normalized spacial score (nSPS) is 25.1. The third kappa shape index (κ3) is 2.59. The lowest BCUT2D eigenvalue weighted by atomic mass is 9.90. The number of H-pyrrole nitrogens is 1. The van der Waals surface area contributed by atoms with Crippen LogP contribution in [0.1, 0.15) is 68.9 Å². The van der Waals surface area contributed by atoms with Gasteiger partial charge in [-0.25, -0.2) is 4.79 Å². The largest absolute Gasteiger partial charge is 0.369 e. The number of nitrogens with zero attached hydrogens (tertiary/aromatic N) is 1. The van der Waals surface area contributed by atoms with Crippen LogP contribution in [0.4, 0.5) is 0 Å². The van der Waals surface area contributed by atoms with Crippen molar-refractivity contribution >= 4 is 33.8 Å². The van der Waals surface area contributed by atoms with Crippen molar-refractivity contribution in [1.29, 1.82) is 0 Å². The molecule has 2 aromatic rings. The van der Waals surface area contributed by atoms with E-state index in [1.165, 1.54) is 29.7 Å². The molecule has 0 aromatic carbocycles. The Balaban J connectivity index is 1.90. The molecule has 2 aliphatic rings. The molecular formula is C18H24N2O2S2. The number of aromatic nitrogens is 2. The number of hydrogen-bond donors (Lipinski definition) is 1. The maximum atomic E-state index is 12.7. The number of aromatic amines is 1. The van der Waals surface area contributed by atoms with Gasteiger partial charge in [0.15, 0.2) is 0 Å². The molecule has 24 heavy (non-hydrogen) atoms. The summed E-state index contributed by atoms with van der Waals surface area (Å²) in [5.74, 6) is 0. The van der Waals surface area contributed by atoms with Gasteiger partial charge in [0.25, 0.3) is 0 Å². The minimum atomic E-state index is -0.130. The molecule has 1 saturated carbocycles. The molecule has 1 atom stereocenters. The van der Waals surface area contributed by atoms with Gasteiger partial charge < -0.3 is 4.74 Å². The van der Waals surface area contributed by atoms with Crippen molar-refractivity contribution in [2.45, 2.75) is 77.0 Å². The summed E-state index contributed by atoms with van der Waals surface area (Å²) < 4.78 is 8.66. The van der Waals surface area contributed by atoms with Crippen molar-refractivity contribution in [2.24, 2.45) is 0 Å². The van der Waals surface area contributed by atoms with Gasteiger partial charge in [0.05, 0.1) is 12.2 Å². The van der Waals surface area contributed by atoms with Crippen LogP contribution in [0, 0.1) is 4.64 Å². The number of ether oxygens (including phenoxy) is 1. The molecule has 0 spiro atoms. The Kier molecular flexibility index (Phi) is 4.17. The number of nitrogens with one attached hydrogen (secondary N) is 1. The van der Waals surface area contributed by atoms with Crippen molar-refractivity contribution in [3.63, 3.8) is 0 Å². The second-order valence-corrected chi connectivity index (χ2v) is 8.87. The molecule has 4 rings (SSSR count). The second-order valence-electron chi connectivity index (χ2n) is 7.37. The quantitative estimate of drug-likeness (QED) is 0.774. The Labute approximate surface area is 150 Å². The van der Waals surface area contributed by atoms with Crippen LogP contribution in [0.25, 0.3) is 10.2 Å². The zero-order chi connectivity index (χ0) is 16.9. The highest BCUT2D eigenvalue weighted by atomic mass is 32.1. The molecule has 0 radical (unpaired) electrons. The second kappa shape index (κ2) is 6.07. The van der Waals surface area contributed by atoms with Gasteiger partial charge in [0, 0.05) is 22.7 Å². The van der Waals surface area contributed by atoms with Crippen LogP contribution >= 0.6 is 23.6 Å². The Morgan fingerprint density at radius 3 is 2.83 bits per heavy atom. The molecule has 6 heteroatoms. The van der Waals surface area contributed by atoms with Gasteiger partial charge in [-0.2, -0.15) is 0 Å². The third-order valence-electron chi connectivity index (χ3n) is 5.75. The predicted molar refractivity (Wildman–Crippen MR) is 101 cm³/mol. The molecule has 1 aliphatic carbocycles. The summed E-state index contributed by atoms with van der Waals surface area (Å²) in [5.41, 5.74) is 1.13. The minimum absolute atomic E-state index is 0.0443. The van der Waals surface area contributed by atoms with E-state index in [2.05, 4.69) is 18.8 Å². The molecule has 130 valence electrons. The number of hydrogen-bond acceptors (Lipinski definition) is 4. The highest BCUT2D eigenvalue weighted by Crippen LogP contribution is 2.40. The number of thiophene rings is 1. The average molecular weight is 365 g/mol. The molecule has 1 N–H and O–H groups in total. The van der Waals surface area contributed by atoms with Gasteiger partial charge in [-0.3, -0.25) is 9.55 Å². The van der Waals surface area contributed by atoms with Crippen LogP contribution in [0.3, 0.4) is 0 Å². The zero-order valence-corrected chi connectivity index (χ0v) is 15.9. The maximum absolute atomic E-state index is 12.7. The molecule has 1 unspecified atom stereocenters. The van der Waals surface area contributed by atoms with Gasteiger partial charge in [-0.05, 0) is 31.7 Å². The summed E-state index contributed by atoms with van der Waals surface area (Å²) in [6, 6.07) is 0.257. The van der Waals surface area contributed by atoms with E-state index in [0.29, 0.717) is 6.61 Å². The lowest BCUT2D eigenvalue weighted by Crippen LogP contribution is -2.34. The summed E-state index contributed by atoms with van der Waals surface area (Å²) >= 11 is 7.46. The van der Waals surface area contributed by atoms with Crippen LogP contribution in [-0.2, 0) is 17.8 Å². The molecule has 1 fully saturated rings. The molecule has 1 aliphatic heterocycles. The van der Waals surface area contributed by atoms with Gasteiger partial charge in [-0.15, -0.1) is 11.3 Å². The molecule has 3 heterocycles. The molecule has 4 nitrogen and oxygen atoms in total. The maximum Gasteiger partial charge on any atom is 0.327 e. The summed E-state index contributed by atoms with van der Waals surface area (Å²) in [7, 11) is 0. The Morgan fingerprint density at radius 2 is 2.12 bits per heavy atom. The van der Waals surface area contributed by atoms with E-state index >= 15 is 0 Å². The van der Waals surface area contributed by atoms with Crippen molar-refractivity contribution in [3.8, 4) is 0 Å². The van der Waals surface area contributed by atoms with Crippen molar-refractivity contribution in [2.75, 3.05) is 0 Å². The summed E-state index contributed by atoms with van der Waals surface area (Å²) in [4.78, 5) is 17.9. The van der Waals surface area contributed by atoms with Gasteiger partial charge in [0.1, 0.15) is 9.47 Å². The van der Waals surface area contributed by atoms with Crippen LogP contribution in [-0.4, -0.2) is 15.2 Å². The Hall–Kier alpha value is -0.980. The first kappa shape index (κ1) is 16.5. The zero-order valence-electron chi connectivity index (χ0n) is 14.3. The van der Waals surface area contributed by atoms with Crippen molar-refractivity contribution in [1.82, 2.24) is 9.55 Å². The van der Waals surface area contributed by atoms with Gasteiger partial charge in [0.2, 0.25) is 0 Å². The first-order chi connectivity index (χ1) is 11.5. The molecule has 0 bridgehead atoms. The topological polar surface area (TPSA) is 47.0 Å². The fourth-order valence-corrected chi connectivity index (χ4v) is 5.71. The molecule has 2 aromatic heterocycles.